The Hall–Kier alpha value is -3.97. The van der Waals surface area contributed by atoms with Gasteiger partial charge >= 0.3 is 6.09 Å². The third-order valence-electron chi connectivity index (χ3n) is 5.04. The van der Waals surface area contributed by atoms with Crippen LogP contribution in [0.2, 0.25) is 0 Å². The van der Waals surface area contributed by atoms with E-state index < -0.39 is 6.09 Å². The zero-order chi connectivity index (χ0) is 23.2. The number of amides is 2. The summed E-state index contributed by atoms with van der Waals surface area (Å²) in [5.41, 5.74) is 2.80. The smallest absolute Gasteiger partial charge is 0.407 e. The molecule has 2 N–H and O–H groups in total. The van der Waals surface area contributed by atoms with Crippen LogP contribution in [0.25, 0.3) is 6.08 Å². The van der Waals surface area contributed by atoms with Crippen molar-refractivity contribution in [3.63, 3.8) is 0 Å². The van der Waals surface area contributed by atoms with E-state index in [1.807, 2.05) is 6.07 Å². The van der Waals surface area contributed by atoms with Crippen molar-refractivity contribution in [2.24, 2.45) is 0 Å². The van der Waals surface area contributed by atoms with E-state index in [0.29, 0.717) is 41.3 Å². The molecule has 2 amide bonds. The summed E-state index contributed by atoms with van der Waals surface area (Å²) >= 11 is 1.35. The van der Waals surface area contributed by atoms with E-state index >= 15 is 0 Å². The fraction of sp³-hybridized carbons (Fsp3) is 0.261. The second kappa shape index (κ2) is 10.1. The summed E-state index contributed by atoms with van der Waals surface area (Å²) in [5, 5.41) is 19.4. The number of aryl methyl sites for hydroxylation is 1. The number of aromatic nitrogens is 2. The minimum atomic E-state index is -0.532. The molecule has 0 spiro atoms. The third-order valence-corrected chi connectivity index (χ3v) is 6.21. The number of thiophene rings is 1. The Morgan fingerprint density at radius 2 is 2.33 bits per heavy atom. The Bertz CT molecular complexity index is 1230. The zero-order valence-electron chi connectivity index (χ0n) is 17.8. The topological polar surface area (TPSA) is 130 Å². The highest BCUT2D eigenvalue weighted by Crippen LogP contribution is 2.38. The number of carbonyl (C=O) groups is 2. The van der Waals surface area contributed by atoms with Crippen LogP contribution in [0.5, 0.6) is 0 Å². The normalized spacial score (nSPS) is 15.0. The molecule has 3 heterocycles. The van der Waals surface area contributed by atoms with Gasteiger partial charge in [-0.05, 0) is 43.0 Å². The number of anilines is 1. The number of nitrogens with one attached hydrogen (secondary N) is 2. The van der Waals surface area contributed by atoms with Gasteiger partial charge in [0.05, 0.1) is 12.1 Å². The van der Waals surface area contributed by atoms with Crippen LogP contribution >= 0.6 is 11.3 Å². The number of carbonyl (C=O) groups excluding carboxylic acids is 2. The van der Waals surface area contributed by atoms with Crippen LogP contribution in [0.15, 0.2) is 41.2 Å². The molecule has 0 radical (unpaired) electrons. The molecule has 0 saturated carbocycles. The number of pyridine rings is 1. The number of nitrogens with zero attached hydrogens (tertiary/aromatic N) is 3. The first kappa shape index (κ1) is 22.2. The molecule has 3 aromatic rings. The summed E-state index contributed by atoms with van der Waals surface area (Å²) in [4.78, 5) is 29.5. The van der Waals surface area contributed by atoms with Crippen molar-refractivity contribution in [1.29, 1.82) is 5.26 Å². The number of nitriles is 1. The molecule has 4 rings (SSSR count). The number of ether oxygens (including phenoxy) is 1. The lowest BCUT2D eigenvalue weighted by Crippen LogP contribution is -2.31. The average Bonchev–Trinajstić information content (AvgIpc) is 3.38. The molecule has 0 aromatic carbocycles. The molecule has 1 aliphatic carbocycles. The fourth-order valence-corrected chi connectivity index (χ4v) is 4.79. The van der Waals surface area contributed by atoms with Gasteiger partial charge in [0.25, 0.3) is 0 Å². The molecule has 0 fully saturated rings. The molecule has 1 unspecified atom stereocenters. The molecule has 168 valence electrons. The van der Waals surface area contributed by atoms with Crippen LogP contribution < -0.4 is 10.6 Å². The van der Waals surface area contributed by atoms with E-state index in [0.717, 1.165) is 16.0 Å². The molecule has 0 bridgehead atoms. The van der Waals surface area contributed by atoms with Crippen LogP contribution in [-0.2, 0) is 28.9 Å². The van der Waals surface area contributed by atoms with Gasteiger partial charge in [-0.15, -0.1) is 11.3 Å². The van der Waals surface area contributed by atoms with Gasteiger partial charge in [0, 0.05) is 35.8 Å². The van der Waals surface area contributed by atoms with E-state index in [4.69, 9.17) is 9.26 Å². The summed E-state index contributed by atoms with van der Waals surface area (Å²) in [6.45, 7) is 1.99. The first-order valence-electron chi connectivity index (χ1n) is 10.3. The van der Waals surface area contributed by atoms with Crippen LogP contribution in [0.4, 0.5) is 9.80 Å². The van der Waals surface area contributed by atoms with Crippen molar-refractivity contribution in [3.8, 4) is 6.07 Å². The molecule has 3 aromatic heterocycles. The SMILES string of the molecule is Cc1cc(CNC(=O)OC2CCc3c(sc(NC(=O)/C=C/c4cccnc4)c3C#N)C2)no1. The summed E-state index contributed by atoms with van der Waals surface area (Å²) in [6.07, 6.45) is 7.22. The number of fused-ring (bicyclic) bond motifs is 1. The van der Waals surface area contributed by atoms with Crippen LogP contribution in [0.1, 0.15) is 39.4 Å². The van der Waals surface area contributed by atoms with Gasteiger partial charge in [0.15, 0.2) is 0 Å². The van der Waals surface area contributed by atoms with E-state index in [1.54, 1.807) is 37.5 Å². The minimum Gasteiger partial charge on any atom is -0.446 e. The Balaban J connectivity index is 1.36. The lowest BCUT2D eigenvalue weighted by molar-refractivity contribution is -0.111. The Morgan fingerprint density at radius 1 is 1.45 bits per heavy atom. The maximum Gasteiger partial charge on any atom is 0.407 e. The zero-order valence-corrected chi connectivity index (χ0v) is 18.6. The summed E-state index contributed by atoms with van der Waals surface area (Å²) in [5.74, 6) is 0.339. The second-order valence-electron chi connectivity index (χ2n) is 7.48. The largest absolute Gasteiger partial charge is 0.446 e. The lowest BCUT2D eigenvalue weighted by atomic mass is 9.94. The van der Waals surface area contributed by atoms with Gasteiger partial charge in [0.2, 0.25) is 5.91 Å². The maximum atomic E-state index is 12.4. The Labute approximate surface area is 194 Å². The van der Waals surface area contributed by atoms with Crippen molar-refractivity contribution >= 4 is 34.4 Å². The predicted octanol–water partition coefficient (Wildman–Crippen LogP) is 3.75. The van der Waals surface area contributed by atoms with Crippen LogP contribution in [0.3, 0.4) is 0 Å². The first-order valence-corrected chi connectivity index (χ1v) is 11.1. The van der Waals surface area contributed by atoms with Gasteiger partial charge < -0.3 is 19.9 Å². The summed E-state index contributed by atoms with van der Waals surface area (Å²) < 4.78 is 10.5. The molecular weight excluding hydrogens is 442 g/mol. The van der Waals surface area contributed by atoms with E-state index in [9.17, 15) is 14.9 Å². The van der Waals surface area contributed by atoms with Crippen molar-refractivity contribution in [1.82, 2.24) is 15.5 Å². The van der Waals surface area contributed by atoms with Crippen molar-refractivity contribution < 1.29 is 18.8 Å². The Morgan fingerprint density at radius 3 is 3.06 bits per heavy atom. The highest BCUT2D eigenvalue weighted by atomic mass is 32.1. The van der Waals surface area contributed by atoms with Crippen molar-refractivity contribution in [2.75, 3.05) is 5.32 Å². The quantitative estimate of drug-likeness (QED) is 0.533. The number of hydrogen-bond donors (Lipinski definition) is 2. The maximum absolute atomic E-state index is 12.4. The molecule has 1 aliphatic rings. The number of hydrogen-bond acceptors (Lipinski definition) is 8. The van der Waals surface area contributed by atoms with Crippen molar-refractivity contribution in [2.45, 2.75) is 38.8 Å². The summed E-state index contributed by atoms with van der Waals surface area (Å²) in [6, 6.07) is 7.57. The number of rotatable bonds is 6. The van der Waals surface area contributed by atoms with Gasteiger partial charge in [0.1, 0.15) is 28.6 Å². The van der Waals surface area contributed by atoms with Gasteiger partial charge in [-0.2, -0.15) is 5.26 Å². The lowest BCUT2D eigenvalue weighted by Gasteiger charge is -2.22. The van der Waals surface area contributed by atoms with Gasteiger partial charge in [-0.1, -0.05) is 11.2 Å². The summed E-state index contributed by atoms with van der Waals surface area (Å²) in [7, 11) is 0. The van der Waals surface area contributed by atoms with Gasteiger partial charge in [-0.25, -0.2) is 4.79 Å². The van der Waals surface area contributed by atoms with Crippen LogP contribution in [0, 0.1) is 18.3 Å². The van der Waals surface area contributed by atoms with E-state index in [-0.39, 0.29) is 18.6 Å². The van der Waals surface area contributed by atoms with Gasteiger partial charge in [-0.3, -0.25) is 9.78 Å². The minimum absolute atomic E-state index is 0.217. The molecule has 1 atom stereocenters. The molecular formula is C23H21N5O4S. The highest BCUT2D eigenvalue weighted by Gasteiger charge is 2.28. The second-order valence-corrected chi connectivity index (χ2v) is 8.59. The standard InChI is InChI=1S/C23H21N5O4S/c1-14-9-16(28-32-14)13-26-23(30)31-17-5-6-18-19(11-24)22(33-20(18)10-17)27-21(29)7-4-15-3-2-8-25-12-15/h2-4,7-9,12,17H,5-6,10,13H2,1H3,(H,26,30)(H,27,29)/b7-4+. The van der Waals surface area contributed by atoms with E-state index in [2.05, 4.69) is 26.8 Å². The van der Waals surface area contributed by atoms with Crippen LogP contribution in [-0.4, -0.2) is 28.2 Å². The monoisotopic (exact) mass is 463 g/mol. The fourth-order valence-electron chi connectivity index (χ4n) is 3.52. The number of alkyl carbamates (subject to hydrolysis) is 1. The average molecular weight is 464 g/mol. The third kappa shape index (κ3) is 5.64. The molecule has 0 aliphatic heterocycles. The van der Waals surface area contributed by atoms with Crippen molar-refractivity contribution in [3.05, 3.63) is 69.7 Å². The molecule has 9 nitrogen and oxygen atoms in total. The predicted molar refractivity (Wildman–Crippen MR) is 121 cm³/mol. The molecule has 0 saturated heterocycles. The Kier molecular flexibility index (Phi) is 6.80. The highest BCUT2D eigenvalue weighted by molar-refractivity contribution is 7.16. The molecule has 33 heavy (non-hydrogen) atoms. The van der Waals surface area contributed by atoms with E-state index in [1.165, 1.54) is 17.4 Å². The first-order chi connectivity index (χ1) is 16.0. The molecule has 10 heteroatoms.